The lowest BCUT2D eigenvalue weighted by atomic mass is 9.95. The van der Waals surface area contributed by atoms with Gasteiger partial charge in [0.05, 0.1) is 5.56 Å². The molecule has 6 heteroatoms. The van der Waals surface area contributed by atoms with E-state index < -0.39 is 0 Å². The second-order valence-electron chi connectivity index (χ2n) is 6.75. The smallest absolute Gasteiger partial charge is 0.191 e. The van der Waals surface area contributed by atoms with Gasteiger partial charge in [-0.25, -0.2) is 4.99 Å². The molecule has 2 rings (SSSR count). The van der Waals surface area contributed by atoms with Crippen LogP contribution in [0.3, 0.4) is 0 Å². The molecule has 2 aromatic rings. The largest absolute Gasteiger partial charge is 0.507 e. The fourth-order valence-corrected chi connectivity index (χ4v) is 3.69. The van der Waals surface area contributed by atoms with E-state index >= 15 is 0 Å². The molecule has 130 valence electrons. The Labute approximate surface area is 157 Å². The van der Waals surface area contributed by atoms with E-state index in [-0.39, 0.29) is 11.2 Å². The third-order valence-corrected chi connectivity index (χ3v) is 5.59. The predicted molar refractivity (Wildman–Crippen MR) is 106 cm³/mol. The summed E-state index contributed by atoms with van der Waals surface area (Å²) in [6.45, 7) is 9.64. The maximum atomic E-state index is 10.0. The van der Waals surface area contributed by atoms with Crippen LogP contribution < -0.4 is 4.80 Å². The fourth-order valence-electron chi connectivity index (χ4n) is 2.13. The molecule has 0 bridgehead atoms. The van der Waals surface area contributed by atoms with Crippen molar-refractivity contribution in [1.82, 2.24) is 4.57 Å². The molecule has 0 aliphatic heterocycles. The predicted octanol–water partition coefficient (Wildman–Crippen LogP) is 5.28. The number of hydrogen-bond donors (Lipinski definition) is 1. The van der Waals surface area contributed by atoms with Gasteiger partial charge in [-0.1, -0.05) is 57.9 Å². The summed E-state index contributed by atoms with van der Waals surface area (Å²) in [5, 5.41) is 10.5. The summed E-state index contributed by atoms with van der Waals surface area (Å²) < 4.78 is 2.16. The molecule has 0 fully saturated rings. The average molecular weight is 383 g/mol. The second kappa shape index (κ2) is 7.81. The molecule has 1 heterocycles. The van der Waals surface area contributed by atoms with E-state index in [2.05, 4.69) is 43.5 Å². The van der Waals surface area contributed by atoms with Crippen molar-refractivity contribution in [2.24, 2.45) is 4.99 Å². The summed E-state index contributed by atoms with van der Waals surface area (Å²) in [7, 11) is 0. The molecule has 0 unspecified atom stereocenters. The van der Waals surface area contributed by atoms with E-state index in [0.29, 0.717) is 15.6 Å². The van der Waals surface area contributed by atoms with Gasteiger partial charge in [-0.3, -0.25) is 0 Å². The van der Waals surface area contributed by atoms with Crippen molar-refractivity contribution in [3.05, 3.63) is 44.7 Å². The van der Waals surface area contributed by atoms with Crippen LogP contribution in [0, 0.1) is 0 Å². The Kier molecular flexibility index (Phi) is 6.23. The number of rotatable bonds is 4. The zero-order valence-electron chi connectivity index (χ0n) is 14.5. The topological polar surface area (TPSA) is 37.5 Å². The van der Waals surface area contributed by atoms with Crippen molar-refractivity contribution in [3.63, 3.8) is 0 Å². The van der Waals surface area contributed by atoms with Crippen LogP contribution >= 0.6 is 35.2 Å². The number of aromatic nitrogens is 1. The monoisotopic (exact) mass is 382 g/mol. The van der Waals surface area contributed by atoms with Gasteiger partial charge in [-0.15, -0.1) is 11.3 Å². The number of aromatic hydroxyl groups is 1. The van der Waals surface area contributed by atoms with Gasteiger partial charge >= 0.3 is 0 Å². The van der Waals surface area contributed by atoms with E-state index in [1.165, 1.54) is 4.88 Å². The lowest BCUT2D eigenvalue weighted by molar-refractivity contribution is 0.474. The van der Waals surface area contributed by atoms with Crippen molar-refractivity contribution >= 4 is 40.1 Å². The number of thiazole rings is 1. The normalized spacial score (nSPS) is 12.6. The van der Waals surface area contributed by atoms with Crippen molar-refractivity contribution in [1.29, 1.82) is 0 Å². The number of aryl methyl sites for hydroxylation is 1. The summed E-state index contributed by atoms with van der Waals surface area (Å²) in [4.78, 5) is 7.08. The van der Waals surface area contributed by atoms with E-state index in [1.54, 1.807) is 29.5 Å². The number of thiocarbonyl (C=S) groups is 1. The van der Waals surface area contributed by atoms with E-state index in [0.717, 1.165) is 24.2 Å². The first-order valence-electron chi connectivity index (χ1n) is 8.00. The quantitative estimate of drug-likeness (QED) is 0.730. The summed E-state index contributed by atoms with van der Waals surface area (Å²) in [6, 6.07) is 4.82. The molecule has 0 saturated carbocycles. The minimum Gasteiger partial charge on any atom is -0.507 e. The van der Waals surface area contributed by atoms with Crippen LogP contribution in [0.1, 0.15) is 51.0 Å². The Hall–Kier alpha value is -1.17. The molecule has 1 aromatic carbocycles. The minimum atomic E-state index is 0.0617. The van der Waals surface area contributed by atoms with Gasteiger partial charge in [0.25, 0.3) is 0 Å². The van der Waals surface area contributed by atoms with Crippen LogP contribution in [-0.2, 0) is 12.0 Å². The number of halogens is 1. The molecule has 1 N–H and O–H groups in total. The third kappa shape index (κ3) is 4.68. The number of hydrogen-bond acceptors (Lipinski definition) is 3. The molecule has 1 aromatic heterocycles. The van der Waals surface area contributed by atoms with Gasteiger partial charge in [-0.2, -0.15) is 0 Å². The van der Waals surface area contributed by atoms with Gasteiger partial charge in [0.15, 0.2) is 4.80 Å². The molecule has 0 atom stereocenters. The second-order valence-corrected chi connectivity index (χ2v) is 8.59. The summed E-state index contributed by atoms with van der Waals surface area (Å²) in [5.41, 5.74) is 0.553. The minimum absolute atomic E-state index is 0.0617. The molecule has 0 aliphatic rings. The van der Waals surface area contributed by atoms with Crippen LogP contribution in [0.5, 0.6) is 5.75 Å². The van der Waals surface area contributed by atoms with Crippen molar-refractivity contribution in [2.75, 3.05) is 0 Å². The SMILES string of the molecule is CCCCn1cc(C(C)(C)C)sc1=NC(=S)c1cc(Cl)ccc1O. The molecule has 0 saturated heterocycles. The zero-order chi connectivity index (χ0) is 17.9. The van der Waals surface area contributed by atoms with Crippen LogP contribution in [-0.4, -0.2) is 14.7 Å². The number of phenols is 1. The lowest BCUT2D eigenvalue weighted by Gasteiger charge is -2.14. The van der Waals surface area contributed by atoms with E-state index in [1.807, 2.05) is 0 Å². The maximum absolute atomic E-state index is 10.0. The molecule has 0 spiro atoms. The average Bonchev–Trinajstić information content (AvgIpc) is 2.90. The summed E-state index contributed by atoms with van der Waals surface area (Å²) in [5.74, 6) is 0.0980. The Morgan fingerprint density at radius 2 is 2.08 bits per heavy atom. The van der Waals surface area contributed by atoms with Gasteiger partial charge in [0.1, 0.15) is 10.7 Å². The highest BCUT2D eigenvalue weighted by Gasteiger charge is 2.18. The first kappa shape index (κ1) is 19.2. The lowest BCUT2D eigenvalue weighted by Crippen LogP contribution is -2.16. The third-order valence-electron chi connectivity index (χ3n) is 3.60. The molecular weight excluding hydrogens is 360 g/mol. The van der Waals surface area contributed by atoms with Gasteiger partial charge in [-0.05, 0) is 30.0 Å². The van der Waals surface area contributed by atoms with Gasteiger partial charge < -0.3 is 9.67 Å². The number of unbranched alkanes of at least 4 members (excludes halogenated alkanes) is 1. The van der Waals surface area contributed by atoms with Crippen LogP contribution in [0.25, 0.3) is 0 Å². The molecule has 3 nitrogen and oxygen atoms in total. The van der Waals surface area contributed by atoms with Crippen LogP contribution in [0.4, 0.5) is 0 Å². The highest BCUT2D eigenvalue weighted by Crippen LogP contribution is 2.25. The highest BCUT2D eigenvalue weighted by atomic mass is 35.5. The Morgan fingerprint density at radius 3 is 2.71 bits per heavy atom. The van der Waals surface area contributed by atoms with Gasteiger partial charge in [0, 0.05) is 22.6 Å². The molecule has 24 heavy (non-hydrogen) atoms. The molecule has 0 amide bonds. The molecule has 0 radical (unpaired) electrons. The van der Waals surface area contributed by atoms with Crippen molar-refractivity contribution in [2.45, 2.75) is 52.5 Å². The first-order valence-corrected chi connectivity index (χ1v) is 9.61. The Balaban J connectivity index is 2.48. The first-order chi connectivity index (χ1) is 11.2. The summed E-state index contributed by atoms with van der Waals surface area (Å²) >= 11 is 13.1. The number of phenolic OH excluding ortho intramolecular Hbond substituents is 1. The summed E-state index contributed by atoms with van der Waals surface area (Å²) in [6.07, 6.45) is 4.37. The molecule has 0 aliphatic carbocycles. The fraction of sp³-hybridized carbons (Fsp3) is 0.444. The maximum Gasteiger partial charge on any atom is 0.191 e. The molecular formula is C18H23ClN2OS2. The Bertz CT molecular complexity index is 800. The van der Waals surface area contributed by atoms with Crippen molar-refractivity contribution < 1.29 is 5.11 Å². The number of nitrogens with zero attached hydrogens (tertiary/aromatic N) is 2. The zero-order valence-corrected chi connectivity index (χ0v) is 16.9. The van der Waals surface area contributed by atoms with Crippen LogP contribution in [0.15, 0.2) is 29.4 Å². The number of benzene rings is 1. The van der Waals surface area contributed by atoms with E-state index in [4.69, 9.17) is 23.8 Å². The van der Waals surface area contributed by atoms with E-state index in [9.17, 15) is 5.11 Å². The van der Waals surface area contributed by atoms with Crippen LogP contribution in [0.2, 0.25) is 5.02 Å². The highest BCUT2D eigenvalue weighted by molar-refractivity contribution is 7.80. The van der Waals surface area contributed by atoms with Crippen molar-refractivity contribution in [3.8, 4) is 5.75 Å². The Morgan fingerprint density at radius 1 is 1.38 bits per heavy atom. The van der Waals surface area contributed by atoms with Gasteiger partial charge in [0.2, 0.25) is 0 Å². The standard InChI is InChI=1S/C18H23ClN2OS2/c1-5-6-9-21-11-15(18(2,3)4)24-17(21)20-16(23)13-10-12(19)7-8-14(13)22/h7-8,10-11,22H,5-6,9H2,1-4H3.